The topological polar surface area (TPSA) is 54.2 Å². The standard InChI is InChI=1S/C10H12BrN5/c11-7-1-2-9-14-10(15-16(9)6-7)13-8-3-4-12-5-8/h1-2,6,8,12H,3-5H2,(H,13,15). The van der Waals surface area contributed by atoms with Gasteiger partial charge in [-0.25, -0.2) is 4.52 Å². The van der Waals surface area contributed by atoms with E-state index in [1.807, 2.05) is 18.3 Å². The summed E-state index contributed by atoms with van der Waals surface area (Å²) in [6, 6.07) is 4.35. The molecule has 84 valence electrons. The van der Waals surface area contributed by atoms with Gasteiger partial charge in [-0.15, -0.1) is 5.10 Å². The van der Waals surface area contributed by atoms with E-state index in [2.05, 4.69) is 36.6 Å². The van der Waals surface area contributed by atoms with Gasteiger partial charge in [0.25, 0.3) is 0 Å². The van der Waals surface area contributed by atoms with Gasteiger partial charge < -0.3 is 10.6 Å². The Morgan fingerprint density at radius 1 is 1.50 bits per heavy atom. The summed E-state index contributed by atoms with van der Waals surface area (Å²) in [4.78, 5) is 4.41. The summed E-state index contributed by atoms with van der Waals surface area (Å²) in [7, 11) is 0. The summed E-state index contributed by atoms with van der Waals surface area (Å²) in [5.74, 6) is 0.701. The van der Waals surface area contributed by atoms with Crippen molar-refractivity contribution >= 4 is 27.5 Å². The second-order valence-electron chi connectivity index (χ2n) is 3.92. The highest BCUT2D eigenvalue weighted by atomic mass is 79.9. The zero-order valence-electron chi connectivity index (χ0n) is 8.65. The van der Waals surface area contributed by atoms with Crippen molar-refractivity contribution in [3.8, 4) is 0 Å². The van der Waals surface area contributed by atoms with E-state index in [0.29, 0.717) is 12.0 Å². The van der Waals surface area contributed by atoms with Crippen molar-refractivity contribution in [2.75, 3.05) is 18.4 Å². The van der Waals surface area contributed by atoms with Crippen molar-refractivity contribution in [1.29, 1.82) is 0 Å². The van der Waals surface area contributed by atoms with Crippen LogP contribution in [0.5, 0.6) is 0 Å². The molecule has 1 unspecified atom stereocenters. The van der Waals surface area contributed by atoms with Crippen LogP contribution in [0.25, 0.3) is 5.65 Å². The Morgan fingerprint density at radius 2 is 2.44 bits per heavy atom. The van der Waals surface area contributed by atoms with Crippen LogP contribution in [0.2, 0.25) is 0 Å². The minimum Gasteiger partial charge on any atom is -0.349 e. The van der Waals surface area contributed by atoms with Gasteiger partial charge in [0.1, 0.15) is 0 Å². The molecule has 1 atom stereocenters. The third-order valence-electron chi connectivity index (χ3n) is 2.69. The fourth-order valence-corrected chi connectivity index (χ4v) is 2.21. The first-order valence-electron chi connectivity index (χ1n) is 5.30. The highest BCUT2D eigenvalue weighted by Crippen LogP contribution is 2.13. The maximum absolute atomic E-state index is 4.41. The molecular weight excluding hydrogens is 270 g/mol. The summed E-state index contributed by atoms with van der Waals surface area (Å²) in [6.07, 6.45) is 3.03. The van der Waals surface area contributed by atoms with Crippen molar-refractivity contribution in [2.24, 2.45) is 0 Å². The zero-order valence-corrected chi connectivity index (χ0v) is 10.2. The first-order chi connectivity index (χ1) is 7.81. The molecule has 16 heavy (non-hydrogen) atoms. The number of nitrogens with one attached hydrogen (secondary N) is 2. The molecule has 3 rings (SSSR count). The van der Waals surface area contributed by atoms with Crippen molar-refractivity contribution in [3.05, 3.63) is 22.8 Å². The van der Waals surface area contributed by atoms with Crippen LogP contribution < -0.4 is 10.6 Å². The Balaban J connectivity index is 1.86. The number of rotatable bonds is 2. The van der Waals surface area contributed by atoms with Crippen LogP contribution >= 0.6 is 15.9 Å². The van der Waals surface area contributed by atoms with Gasteiger partial charge in [0.05, 0.1) is 0 Å². The average molecular weight is 282 g/mol. The highest BCUT2D eigenvalue weighted by molar-refractivity contribution is 9.10. The van der Waals surface area contributed by atoms with Crippen LogP contribution in [-0.2, 0) is 0 Å². The molecule has 1 aliphatic heterocycles. The second-order valence-corrected chi connectivity index (χ2v) is 4.84. The molecule has 1 aliphatic rings. The number of hydrogen-bond acceptors (Lipinski definition) is 4. The summed E-state index contributed by atoms with van der Waals surface area (Å²) < 4.78 is 2.77. The number of halogens is 1. The largest absolute Gasteiger partial charge is 0.349 e. The van der Waals surface area contributed by atoms with Gasteiger partial charge >= 0.3 is 0 Å². The van der Waals surface area contributed by atoms with Crippen LogP contribution in [-0.4, -0.2) is 33.7 Å². The lowest BCUT2D eigenvalue weighted by Crippen LogP contribution is -2.22. The molecule has 0 amide bonds. The Kier molecular flexibility index (Phi) is 2.53. The minimum atomic E-state index is 0.445. The molecule has 0 aromatic carbocycles. The molecule has 6 heteroatoms. The van der Waals surface area contributed by atoms with Gasteiger partial charge in [-0.05, 0) is 41.0 Å². The van der Waals surface area contributed by atoms with E-state index in [0.717, 1.165) is 29.6 Å². The number of hydrogen-bond donors (Lipinski definition) is 2. The predicted molar refractivity (Wildman–Crippen MR) is 65.6 cm³/mol. The normalized spacial score (nSPS) is 20.4. The predicted octanol–water partition coefficient (Wildman–Crippen LogP) is 1.27. The second kappa shape index (κ2) is 4.03. The van der Waals surface area contributed by atoms with Gasteiger partial charge in [0.2, 0.25) is 5.95 Å². The molecule has 2 N–H and O–H groups in total. The molecule has 2 aromatic heterocycles. The smallest absolute Gasteiger partial charge is 0.243 e. The van der Waals surface area contributed by atoms with Crippen LogP contribution in [0, 0.1) is 0 Å². The molecule has 0 spiro atoms. The van der Waals surface area contributed by atoms with E-state index in [1.54, 1.807) is 4.52 Å². The van der Waals surface area contributed by atoms with Crippen molar-refractivity contribution in [3.63, 3.8) is 0 Å². The van der Waals surface area contributed by atoms with Crippen molar-refractivity contribution in [2.45, 2.75) is 12.5 Å². The molecule has 0 bridgehead atoms. The molecule has 3 heterocycles. The van der Waals surface area contributed by atoms with E-state index in [9.17, 15) is 0 Å². The fourth-order valence-electron chi connectivity index (χ4n) is 1.88. The fraction of sp³-hybridized carbons (Fsp3) is 0.400. The number of anilines is 1. The maximum atomic E-state index is 4.41. The van der Waals surface area contributed by atoms with Crippen LogP contribution in [0.1, 0.15) is 6.42 Å². The number of pyridine rings is 1. The third-order valence-corrected chi connectivity index (χ3v) is 3.16. The lowest BCUT2D eigenvalue weighted by molar-refractivity contribution is 0.778. The number of aromatic nitrogens is 3. The summed E-state index contributed by atoms with van der Waals surface area (Å²) in [5, 5.41) is 11.0. The molecule has 0 saturated carbocycles. The minimum absolute atomic E-state index is 0.445. The van der Waals surface area contributed by atoms with Crippen LogP contribution in [0.15, 0.2) is 22.8 Å². The Bertz CT molecular complexity index is 503. The molecule has 5 nitrogen and oxygen atoms in total. The average Bonchev–Trinajstić information content (AvgIpc) is 2.86. The number of nitrogens with zero attached hydrogens (tertiary/aromatic N) is 3. The molecule has 1 saturated heterocycles. The molecule has 2 aromatic rings. The lowest BCUT2D eigenvalue weighted by atomic mass is 10.3. The zero-order chi connectivity index (χ0) is 11.0. The van der Waals surface area contributed by atoms with Gasteiger partial charge in [0.15, 0.2) is 5.65 Å². The van der Waals surface area contributed by atoms with Gasteiger partial charge in [-0.1, -0.05) is 0 Å². The van der Waals surface area contributed by atoms with Crippen molar-refractivity contribution in [1.82, 2.24) is 19.9 Å². The van der Waals surface area contributed by atoms with E-state index in [-0.39, 0.29) is 0 Å². The summed E-state index contributed by atoms with van der Waals surface area (Å²) in [5.41, 5.74) is 0.858. The molecule has 1 fully saturated rings. The first-order valence-corrected chi connectivity index (χ1v) is 6.10. The van der Waals surface area contributed by atoms with E-state index < -0.39 is 0 Å². The first kappa shape index (κ1) is 10.0. The van der Waals surface area contributed by atoms with Gasteiger partial charge in [-0.2, -0.15) is 4.98 Å². The molecular formula is C10H12BrN5. The lowest BCUT2D eigenvalue weighted by Gasteiger charge is -2.07. The molecule has 0 aliphatic carbocycles. The van der Waals surface area contributed by atoms with Crippen LogP contribution in [0.3, 0.4) is 0 Å². The Morgan fingerprint density at radius 3 is 3.25 bits per heavy atom. The van der Waals surface area contributed by atoms with Gasteiger partial charge in [0, 0.05) is 23.3 Å². The van der Waals surface area contributed by atoms with E-state index in [4.69, 9.17) is 0 Å². The van der Waals surface area contributed by atoms with E-state index in [1.165, 1.54) is 0 Å². The molecule has 0 radical (unpaired) electrons. The van der Waals surface area contributed by atoms with Gasteiger partial charge in [-0.3, -0.25) is 0 Å². The third kappa shape index (κ3) is 1.90. The monoisotopic (exact) mass is 281 g/mol. The Hall–Kier alpha value is -1.14. The highest BCUT2D eigenvalue weighted by Gasteiger charge is 2.15. The maximum Gasteiger partial charge on any atom is 0.243 e. The Labute approximate surface area is 101 Å². The number of fused-ring (bicyclic) bond motifs is 1. The quantitative estimate of drug-likeness (QED) is 0.871. The summed E-state index contributed by atoms with van der Waals surface area (Å²) >= 11 is 3.41. The van der Waals surface area contributed by atoms with Crippen LogP contribution in [0.4, 0.5) is 5.95 Å². The van der Waals surface area contributed by atoms with E-state index >= 15 is 0 Å². The SMILES string of the molecule is Brc1ccc2nc(NC3CCNC3)nn2c1. The van der Waals surface area contributed by atoms with Crippen molar-refractivity contribution < 1.29 is 0 Å². The summed E-state index contributed by atoms with van der Waals surface area (Å²) in [6.45, 7) is 2.05.